The fraction of sp³-hybridized carbons (Fsp3) is 0.857. The number of nitrogens with one attached hydrogen (secondary N) is 1. The van der Waals surface area contributed by atoms with Crippen LogP contribution in [-0.4, -0.2) is 47.1 Å². The highest BCUT2D eigenvalue weighted by Gasteiger charge is 2.33. The summed E-state index contributed by atoms with van der Waals surface area (Å²) in [6, 6.07) is 0.122. The van der Waals surface area contributed by atoms with Gasteiger partial charge in [0.2, 0.25) is 5.91 Å². The van der Waals surface area contributed by atoms with Crippen molar-refractivity contribution in [3.63, 3.8) is 0 Å². The van der Waals surface area contributed by atoms with Gasteiger partial charge in [-0.05, 0) is 46.6 Å². The zero-order valence-corrected chi connectivity index (χ0v) is 13.0. The Kier molecular flexibility index (Phi) is 7.05. The van der Waals surface area contributed by atoms with Gasteiger partial charge in [-0.25, -0.2) is 0 Å². The van der Waals surface area contributed by atoms with Gasteiger partial charge in [0.25, 0.3) is 0 Å². The van der Waals surface area contributed by atoms with E-state index in [0.717, 1.165) is 12.8 Å². The fourth-order valence-corrected chi connectivity index (χ4v) is 1.55. The van der Waals surface area contributed by atoms with Crippen molar-refractivity contribution in [1.82, 2.24) is 10.2 Å². The van der Waals surface area contributed by atoms with Crippen molar-refractivity contribution in [1.29, 1.82) is 0 Å². The third kappa shape index (κ3) is 6.57. The molecule has 19 heavy (non-hydrogen) atoms. The molecule has 2 N–H and O–H groups in total. The summed E-state index contributed by atoms with van der Waals surface area (Å²) in [7, 11) is 1.65. The lowest BCUT2D eigenvalue weighted by Crippen LogP contribution is -2.52. The van der Waals surface area contributed by atoms with Crippen LogP contribution in [0.3, 0.4) is 0 Å². The molecule has 0 aromatic heterocycles. The largest absolute Gasteiger partial charge is 0.480 e. The summed E-state index contributed by atoms with van der Waals surface area (Å²) in [5.41, 5.74) is -1.04. The molecular formula is C14H28N2O3. The van der Waals surface area contributed by atoms with E-state index in [4.69, 9.17) is 5.11 Å². The molecule has 1 amide bonds. The van der Waals surface area contributed by atoms with Gasteiger partial charge in [-0.3, -0.25) is 14.5 Å². The number of hydrogen-bond acceptors (Lipinski definition) is 3. The molecule has 5 heteroatoms. The van der Waals surface area contributed by atoms with Crippen LogP contribution < -0.4 is 5.32 Å². The van der Waals surface area contributed by atoms with Crippen LogP contribution in [0.2, 0.25) is 0 Å². The molecule has 5 nitrogen and oxygen atoms in total. The van der Waals surface area contributed by atoms with Gasteiger partial charge in [0.05, 0.1) is 6.54 Å². The van der Waals surface area contributed by atoms with E-state index in [0.29, 0.717) is 5.92 Å². The summed E-state index contributed by atoms with van der Waals surface area (Å²) < 4.78 is 0. The molecule has 112 valence electrons. The van der Waals surface area contributed by atoms with E-state index in [1.165, 1.54) is 0 Å². The van der Waals surface area contributed by atoms with Gasteiger partial charge in [0, 0.05) is 6.04 Å². The molecule has 0 bridgehead atoms. The Labute approximate surface area is 116 Å². The second-order valence-corrected chi connectivity index (χ2v) is 6.16. The summed E-state index contributed by atoms with van der Waals surface area (Å²) in [6.45, 7) is 9.54. The zero-order chi connectivity index (χ0) is 15.2. The molecule has 0 aliphatic heterocycles. The van der Waals surface area contributed by atoms with Crippen molar-refractivity contribution in [2.45, 2.75) is 59.0 Å². The van der Waals surface area contributed by atoms with Gasteiger partial charge >= 0.3 is 5.97 Å². The normalized spacial score (nSPS) is 13.7. The molecule has 0 aromatic rings. The average Bonchev–Trinajstić information content (AvgIpc) is 2.25. The highest BCUT2D eigenvalue weighted by Crippen LogP contribution is 2.12. The Hall–Kier alpha value is -1.10. The lowest BCUT2D eigenvalue weighted by molar-refractivity contribution is -0.149. The van der Waals surface area contributed by atoms with Gasteiger partial charge in [0.1, 0.15) is 5.54 Å². The van der Waals surface area contributed by atoms with E-state index in [1.54, 1.807) is 25.8 Å². The molecule has 0 aliphatic rings. The van der Waals surface area contributed by atoms with Crippen LogP contribution in [0.1, 0.15) is 47.5 Å². The fourth-order valence-electron chi connectivity index (χ4n) is 1.55. The predicted octanol–water partition coefficient (Wildman–Crippen LogP) is 1.72. The first kappa shape index (κ1) is 17.9. The Balaban J connectivity index is 4.21. The van der Waals surface area contributed by atoms with Crippen molar-refractivity contribution in [2.75, 3.05) is 13.6 Å². The molecule has 0 aliphatic carbocycles. The minimum atomic E-state index is -1.04. The Morgan fingerprint density at radius 2 is 1.74 bits per heavy atom. The molecule has 0 saturated carbocycles. The first-order valence-electron chi connectivity index (χ1n) is 6.81. The number of rotatable bonds is 8. The average molecular weight is 272 g/mol. The molecule has 0 rings (SSSR count). The van der Waals surface area contributed by atoms with Crippen LogP contribution in [0.4, 0.5) is 0 Å². The minimum Gasteiger partial charge on any atom is -0.480 e. The first-order valence-corrected chi connectivity index (χ1v) is 6.81. The topological polar surface area (TPSA) is 69.6 Å². The third-order valence-corrected chi connectivity index (χ3v) is 3.44. The number of carboxylic acids is 1. The number of carboxylic acid groups (broad SMARTS) is 1. The number of amides is 1. The van der Waals surface area contributed by atoms with Crippen molar-refractivity contribution < 1.29 is 14.7 Å². The van der Waals surface area contributed by atoms with Crippen molar-refractivity contribution in [3.05, 3.63) is 0 Å². The van der Waals surface area contributed by atoms with E-state index < -0.39 is 11.5 Å². The van der Waals surface area contributed by atoms with Gasteiger partial charge in [-0.15, -0.1) is 0 Å². The second-order valence-electron chi connectivity index (χ2n) is 6.16. The van der Waals surface area contributed by atoms with Crippen LogP contribution >= 0.6 is 0 Å². The SMILES string of the molecule is CC(C)CCC(C)NC(=O)CN(C)C(C)(C)C(=O)O. The molecule has 0 spiro atoms. The summed E-state index contributed by atoms with van der Waals surface area (Å²) in [5.74, 6) is -0.447. The molecule has 1 unspecified atom stereocenters. The van der Waals surface area contributed by atoms with E-state index in [-0.39, 0.29) is 18.5 Å². The van der Waals surface area contributed by atoms with E-state index in [2.05, 4.69) is 19.2 Å². The van der Waals surface area contributed by atoms with Crippen molar-refractivity contribution in [3.8, 4) is 0 Å². The van der Waals surface area contributed by atoms with E-state index in [9.17, 15) is 9.59 Å². The number of carbonyl (C=O) groups excluding carboxylic acids is 1. The number of hydrogen-bond donors (Lipinski definition) is 2. The molecule has 0 fully saturated rings. The molecule has 0 aromatic carbocycles. The monoisotopic (exact) mass is 272 g/mol. The van der Waals surface area contributed by atoms with Crippen molar-refractivity contribution >= 4 is 11.9 Å². The Bertz CT molecular complexity index is 314. The molecule has 0 heterocycles. The van der Waals surface area contributed by atoms with Gasteiger partial charge < -0.3 is 10.4 Å². The maximum atomic E-state index is 11.8. The van der Waals surface area contributed by atoms with Gasteiger partial charge in [0.15, 0.2) is 0 Å². The lowest BCUT2D eigenvalue weighted by atomic mass is 10.0. The molecule has 0 saturated heterocycles. The summed E-state index contributed by atoms with van der Waals surface area (Å²) in [4.78, 5) is 24.4. The first-order chi connectivity index (χ1) is 8.57. The number of aliphatic carboxylic acids is 1. The molecular weight excluding hydrogens is 244 g/mol. The predicted molar refractivity (Wildman–Crippen MR) is 76.0 cm³/mol. The number of nitrogens with zero attached hydrogens (tertiary/aromatic N) is 1. The van der Waals surface area contributed by atoms with Crippen LogP contribution in [-0.2, 0) is 9.59 Å². The van der Waals surface area contributed by atoms with Gasteiger partial charge in [-0.1, -0.05) is 13.8 Å². The van der Waals surface area contributed by atoms with Crippen molar-refractivity contribution in [2.24, 2.45) is 5.92 Å². The van der Waals surface area contributed by atoms with Crippen LogP contribution in [0.25, 0.3) is 0 Å². The summed E-state index contributed by atoms with van der Waals surface area (Å²) in [6.07, 6.45) is 2.01. The summed E-state index contributed by atoms with van der Waals surface area (Å²) >= 11 is 0. The maximum Gasteiger partial charge on any atom is 0.323 e. The minimum absolute atomic E-state index is 0.0886. The van der Waals surface area contributed by atoms with E-state index in [1.807, 2.05) is 6.92 Å². The zero-order valence-electron chi connectivity index (χ0n) is 13.0. The Morgan fingerprint density at radius 3 is 2.16 bits per heavy atom. The standard InChI is InChI=1S/C14H28N2O3/c1-10(2)7-8-11(3)15-12(17)9-16(6)14(4,5)13(18)19/h10-11H,7-9H2,1-6H3,(H,15,17)(H,18,19). The third-order valence-electron chi connectivity index (χ3n) is 3.44. The smallest absolute Gasteiger partial charge is 0.323 e. The maximum absolute atomic E-state index is 11.8. The van der Waals surface area contributed by atoms with Gasteiger partial charge in [-0.2, -0.15) is 0 Å². The Morgan fingerprint density at radius 1 is 1.21 bits per heavy atom. The molecule has 0 radical (unpaired) electrons. The second kappa shape index (κ2) is 7.48. The van der Waals surface area contributed by atoms with E-state index >= 15 is 0 Å². The number of carbonyl (C=O) groups is 2. The van der Waals surface area contributed by atoms with Crippen LogP contribution in [0.15, 0.2) is 0 Å². The van der Waals surface area contributed by atoms with Crippen LogP contribution in [0, 0.1) is 5.92 Å². The highest BCUT2D eigenvalue weighted by molar-refractivity contribution is 5.81. The highest BCUT2D eigenvalue weighted by atomic mass is 16.4. The summed E-state index contributed by atoms with van der Waals surface area (Å²) in [5, 5.41) is 12.0. The molecule has 1 atom stereocenters. The quantitative estimate of drug-likeness (QED) is 0.706. The lowest BCUT2D eigenvalue weighted by Gasteiger charge is -2.31. The number of likely N-dealkylation sites (N-methyl/N-ethyl adjacent to an activating group) is 1. The van der Waals surface area contributed by atoms with Crippen LogP contribution in [0.5, 0.6) is 0 Å².